The number of aliphatic hydroxyl groups excluding tert-OH is 1. The summed E-state index contributed by atoms with van der Waals surface area (Å²) in [5, 5.41) is 11.8. The van der Waals surface area contributed by atoms with Crippen LogP contribution in [-0.2, 0) is 9.59 Å². The molecule has 0 aromatic carbocycles. The molecule has 22 heavy (non-hydrogen) atoms. The maximum Gasteiger partial charge on any atom is 0.244 e. The Hall–Kier alpha value is -2.08. The van der Waals surface area contributed by atoms with E-state index in [1.54, 1.807) is 23.1 Å². The molecule has 0 bridgehead atoms. The topological polar surface area (TPSA) is 82.8 Å². The standard InChI is InChI=1S/C16H22N2O4/c19-12-13-6-9-18(10-7-13)16(21)5-8-17-15(20)4-3-14-2-1-11-22-14/h1-4,11,13,19H,5-10,12H2,(H,17,20)/b4-3+. The van der Waals surface area contributed by atoms with Crippen molar-refractivity contribution in [3.8, 4) is 0 Å². The Morgan fingerprint density at radius 3 is 2.82 bits per heavy atom. The van der Waals surface area contributed by atoms with Gasteiger partial charge in [-0.3, -0.25) is 9.59 Å². The predicted octanol–water partition coefficient (Wildman–Crippen LogP) is 1.03. The Balaban J connectivity index is 1.63. The first kappa shape index (κ1) is 16.3. The minimum Gasteiger partial charge on any atom is -0.465 e. The van der Waals surface area contributed by atoms with Crippen molar-refractivity contribution >= 4 is 17.9 Å². The lowest BCUT2D eigenvalue weighted by Gasteiger charge is -2.31. The van der Waals surface area contributed by atoms with Gasteiger partial charge in [-0.25, -0.2) is 0 Å². The maximum atomic E-state index is 12.0. The van der Waals surface area contributed by atoms with Crippen molar-refractivity contribution in [1.82, 2.24) is 10.2 Å². The molecule has 1 aromatic heterocycles. The number of piperidine rings is 1. The van der Waals surface area contributed by atoms with Crippen molar-refractivity contribution in [2.45, 2.75) is 19.3 Å². The molecule has 2 N–H and O–H groups in total. The third kappa shape index (κ3) is 5.04. The second-order valence-electron chi connectivity index (χ2n) is 5.40. The lowest BCUT2D eigenvalue weighted by atomic mass is 9.98. The summed E-state index contributed by atoms with van der Waals surface area (Å²) < 4.78 is 5.08. The molecule has 0 spiro atoms. The van der Waals surface area contributed by atoms with E-state index in [2.05, 4.69) is 5.32 Å². The molecule has 0 unspecified atom stereocenters. The zero-order valence-corrected chi connectivity index (χ0v) is 12.5. The molecule has 1 fully saturated rings. The van der Waals surface area contributed by atoms with E-state index in [4.69, 9.17) is 9.52 Å². The van der Waals surface area contributed by atoms with Crippen LogP contribution in [0.4, 0.5) is 0 Å². The van der Waals surface area contributed by atoms with Crippen molar-refractivity contribution in [1.29, 1.82) is 0 Å². The van der Waals surface area contributed by atoms with Crippen molar-refractivity contribution in [3.05, 3.63) is 30.2 Å². The molecule has 0 radical (unpaired) electrons. The fraction of sp³-hybridized carbons (Fsp3) is 0.500. The van der Waals surface area contributed by atoms with Gasteiger partial charge in [0.25, 0.3) is 0 Å². The highest BCUT2D eigenvalue weighted by Crippen LogP contribution is 2.16. The number of likely N-dealkylation sites (tertiary alicyclic amines) is 1. The van der Waals surface area contributed by atoms with E-state index in [-0.39, 0.29) is 18.4 Å². The Bertz CT molecular complexity index is 502. The largest absolute Gasteiger partial charge is 0.465 e. The summed E-state index contributed by atoms with van der Waals surface area (Å²) in [6.45, 7) is 1.90. The van der Waals surface area contributed by atoms with Gasteiger partial charge in [0.15, 0.2) is 0 Å². The minimum absolute atomic E-state index is 0.0479. The number of carbonyl (C=O) groups excluding carboxylic acids is 2. The number of amides is 2. The zero-order chi connectivity index (χ0) is 15.8. The van der Waals surface area contributed by atoms with Crippen LogP contribution >= 0.6 is 0 Å². The molecule has 0 atom stereocenters. The lowest BCUT2D eigenvalue weighted by Crippen LogP contribution is -2.40. The molecule has 6 heteroatoms. The average Bonchev–Trinajstić information content (AvgIpc) is 3.06. The summed E-state index contributed by atoms with van der Waals surface area (Å²) in [7, 11) is 0. The Morgan fingerprint density at radius 1 is 1.41 bits per heavy atom. The van der Waals surface area contributed by atoms with Gasteiger partial charge in [0, 0.05) is 38.7 Å². The maximum absolute atomic E-state index is 12.0. The van der Waals surface area contributed by atoms with E-state index in [0.29, 0.717) is 37.7 Å². The van der Waals surface area contributed by atoms with E-state index in [1.165, 1.54) is 12.3 Å². The smallest absolute Gasteiger partial charge is 0.244 e. The van der Waals surface area contributed by atoms with Crippen molar-refractivity contribution in [2.75, 3.05) is 26.2 Å². The molecule has 6 nitrogen and oxygen atoms in total. The molecule has 1 aliphatic rings. The molecule has 0 saturated carbocycles. The molecule has 2 heterocycles. The summed E-state index contributed by atoms with van der Waals surface area (Å²) in [4.78, 5) is 25.4. The summed E-state index contributed by atoms with van der Waals surface area (Å²) in [5.74, 6) is 0.725. The van der Waals surface area contributed by atoms with Gasteiger partial charge in [0.05, 0.1) is 6.26 Å². The van der Waals surface area contributed by atoms with Crippen LogP contribution in [0.15, 0.2) is 28.9 Å². The van der Waals surface area contributed by atoms with Gasteiger partial charge in [-0.1, -0.05) is 0 Å². The molecule has 2 rings (SSSR count). The van der Waals surface area contributed by atoms with Crippen LogP contribution in [0.1, 0.15) is 25.0 Å². The Kier molecular flexibility index (Phi) is 6.21. The molecule has 1 aliphatic heterocycles. The molecular weight excluding hydrogens is 284 g/mol. The SMILES string of the molecule is O=C(/C=C/c1ccco1)NCCC(=O)N1CCC(CO)CC1. The number of nitrogens with one attached hydrogen (secondary N) is 1. The quantitative estimate of drug-likeness (QED) is 0.769. The highest BCUT2D eigenvalue weighted by Gasteiger charge is 2.21. The predicted molar refractivity (Wildman–Crippen MR) is 81.8 cm³/mol. The van der Waals surface area contributed by atoms with Crippen LogP contribution in [0.25, 0.3) is 6.08 Å². The van der Waals surface area contributed by atoms with Gasteiger partial charge < -0.3 is 19.7 Å². The van der Waals surface area contributed by atoms with Gasteiger partial charge in [-0.05, 0) is 37.0 Å². The first-order valence-corrected chi connectivity index (χ1v) is 7.57. The molecular formula is C16H22N2O4. The number of aliphatic hydroxyl groups is 1. The molecule has 1 saturated heterocycles. The summed E-state index contributed by atoms with van der Waals surface area (Å²) in [6.07, 6.45) is 6.49. The molecule has 2 amide bonds. The van der Waals surface area contributed by atoms with Crippen LogP contribution in [0, 0.1) is 5.92 Å². The molecule has 120 valence electrons. The van der Waals surface area contributed by atoms with Crippen LogP contribution in [-0.4, -0.2) is 48.1 Å². The Labute approximate surface area is 129 Å². The summed E-state index contributed by atoms with van der Waals surface area (Å²) >= 11 is 0. The van der Waals surface area contributed by atoms with Crippen LogP contribution in [0.3, 0.4) is 0 Å². The zero-order valence-electron chi connectivity index (χ0n) is 12.5. The first-order valence-electron chi connectivity index (χ1n) is 7.57. The summed E-state index contributed by atoms with van der Waals surface area (Å²) in [5.41, 5.74) is 0. The third-order valence-electron chi connectivity index (χ3n) is 3.81. The lowest BCUT2D eigenvalue weighted by molar-refractivity contribution is -0.132. The van der Waals surface area contributed by atoms with Gasteiger partial charge >= 0.3 is 0 Å². The molecule has 1 aromatic rings. The Morgan fingerprint density at radius 2 is 2.18 bits per heavy atom. The second kappa shape index (κ2) is 8.38. The molecule has 0 aliphatic carbocycles. The highest BCUT2D eigenvalue weighted by molar-refractivity contribution is 5.91. The fourth-order valence-electron chi connectivity index (χ4n) is 2.42. The first-order chi connectivity index (χ1) is 10.7. The number of hydrogen-bond donors (Lipinski definition) is 2. The number of furan rings is 1. The van der Waals surface area contributed by atoms with Gasteiger partial charge in [0.1, 0.15) is 5.76 Å². The average molecular weight is 306 g/mol. The normalized spacial score (nSPS) is 16.1. The second-order valence-corrected chi connectivity index (χ2v) is 5.40. The number of hydrogen-bond acceptors (Lipinski definition) is 4. The van der Waals surface area contributed by atoms with Gasteiger partial charge in [-0.15, -0.1) is 0 Å². The van der Waals surface area contributed by atoms with Crippen LogP contribution in [0.5, 0.6) is 0 Å². The minimum atomic E-state index is -0.247. The van der Waals surface area contributed by atoms with Crippen molar-refractivity contribution in [3.63, 3.8) is 0 Å². The van der Waals surface area contributed by atoms with Gasteiger partial charge in [-0.2, -0.15) is 0 Å². The number of carbonyl (C=O) groups is 2. The summed E-state index contributed by atoms with van der Waals surface area (Å²) in [6, 6.07) is 3.50. The highest BCUT2D eigenvalue weighted by atomic mass is 16.3. The van der Waals surface area contributed by atoms with Gasteiger partial charge in [0.2, 0.25) is 11.8 Å². The van der Waals surface area contributed by atoms with Crippen LogP contribution < -0.4 is 5.32 Å². The van der Waals surface area contributed by atoms with E-state index >= 15 is 0 Å². The van der Waals surface area contributed by atoms with E-state index in [1.807, 2.05) is 0 Å². The third-order valence-corrected chi connectivity index (χ3v) is 3.81. The fourth-order valence-corrected chi connectivity index (χ4v) is 2.42. The van der Waals surface area contributed by atoms with Crippen molar-refractivity contribution < 1.29 is 19.1 Å². The monoisotopic (exact) mass is 306 g/mol. The van der Waals surface area contributed by atoms with Crippen LogP contribution in [0.2, 0.25) is 0 Å². The van der Waals surface area contributed by atoms with E-state index in [0.717, 1.165) is 12.8 Å². The number of nitrogens with zero attached hydrogens (tertiary/aromatic N) is 1. The van der Waals surface area contributed by atoms with E-state index < -0.39 is 0 Å². The van der Waals surface area contributed by atoms with Crippen molar-refractivity contribution in [2.24, 2.45) is 5.92 Å². The van der Waals surface area contributed by atoms with E-state index in [9.17, 15) is 9.59 Å². The number of rotatable bonds is 6.